The summed E-state index contributed by atoms with van der Waals surface area (Å²) in [5.74, 6) is -0.512. The van der Waals surface area contributed by atoms with Crippen LogP contribution in [0, 0.1) is 0 Å². The van der Waals surface area contributed by atoms with E-state index in [1.807, 2.05) is 0 Å². The number of sulfonamides is 1. The zero-order valence-electron chi connectivity index (χ0n) is 11.6. The number of nitrogens with zero attached hydrogens (tertiary/aromatic N) is 1. The van der Waals surface area contributed by atoms with Crippen LogP contribution in [-0.4, -0.2) is 50.6 Å². The monoisotopic (exact) mass is 301 g/mol. The Labute approximate surface area is 119 Å². The molecule has 20 heavy (non-hydrogen) atoms. The third-order valence-electron chi connectivity index (χ3n) is 2.83. The van der Waals surface area contributed by atoms with E-state index in [0.717, 1.165) is 0 Å². The molecule has 0 saturated carbocycles. The topological polar surface area (TPSA) is 83.9 Å². The van der Waals surface area contributed by atoms with Crippen LogP contribution >= 0.6 is 0 Å². The predicted octanol–water partition coefficient (Wildman–Crippen LogP) is 0.866. The minimum absolute atomic E-state index is 0.0622. The molecule has 0 bridgehead atoms. The molecule has 0 unspecified atom stereocenters. The largest absolute Gasteiger partial charge is 0.465 e. The van der Waals surface area contributed by atoms with Gasteiger partial charge in [-0.2, -0.15) is 4.31 Å². The number of aliphatic hydroxyl groups is 1. The van der Waals surface area contributed by atoms with Crippen molar-refractivity contribution >= 4 is 16.0 Å². The standard InChI is InChI=1S/C13H19NO5S/c1-3-14(9-4-10-15)20(17,18)12-7-5-11(6-8-12)13(16)19-2/h5-8,15H,3-4,9-10H2,1-2H3. The van der Waals surface area contributed by atoms with Crippen LogP contribution in [0.1, 0.15) is 23.7 Å². The lowest BCUT2D eigenvalue weighted by Gasteiger charge is -2.20. The van der Waals surface area contributed by atoms with Crippen molar-refractivity contribution in [3.8, 4) is 0 Å². The van der Waals surface area contributed by atoms with Gasteiger partial charge < -0.3 is 9.84 Å². The first-order valence-corrected chi connectivity index (χ1v) is 7.70. The fraction of sp³-hybridized carbons (Fsp3) is 0.462. The molecule has 7 heteroatoms. The van der Waals surface area contributed by atoms with Gasteiger partial charge in [0.15, 0.2) is 0 Å². The summed E-state index contributed by atoms with van der Waals surface area (Å²) >= 11 is 0. The van der Waals surface area contributed by atoms with Crippen molar-refractivity contribution in [3.05, 3.63) is 29.8 Å². The number of aliphatic hydroxyl groups excluding tert-OH is 1. The molecule has 0 saturated heterocycles. The van der Waals surface area contributed by atoms with Crippen molar-refractivity contribution in [1.82, 2.24) is 4.31 Å². The maximum Gasteiger partial charge on any atom is 0.337 e. The Morgan fingerprint density at radius 1 is 1.30 bits per heavy atom. The van der Waals surface area contributed by atoms with Gasteiger partial charge in [-0.1, -0.05) is 6.92 Å². The van der Waals surface area contributed by atoms with Crippen LogP contribution in [0.5, 0.6) is 0 Å². The molecular weight excluding hydrogens is 282 g/mol. The quantitative estimate of drug-likeness (QED) is 0.755. The van der Waals surface area contributed by atoms with Crippen molar-refractivity contribution in [1.29, 1.82) is 0 Å². The molecule has 1 N–H and O–H groups in total. The number of carbonyl (C=O) groups is 1. The van der Waals surface area contributed by atoms with Crippen LogP contribution in [0.3, 0.4) is 0 Å². The van der Waals surface area contributed by atoms with Gasteiger partial charge >= 0.3 is 5.97 Å². The average Bonchev–Trinajstić information content (AvgIpc) is 2.47. The highest BCUT2D eigenvalue weighted by Crippen LogP contribution is 2.17. The second-order valence-electron chi connectivity index (χ2n) is 4.09. The fourth-order valence-corrected chi connectivity index (χ4v) is 3.21. The number of rotatable bonds is 7. The number of esters is 1. The lowest BCUT2D eigenvalue weighted by molar-refractivity contribution is 0.0600. The smallest absolute Gasteiger partial charge is 0.337 e. The van der Waals surface area contributed by atoms with Gasteiger partial charge in [0.05, 0.1) is 17.6 Å². The van der Waals surface area contributed by atoms with Gasteiger partial charge in [-0.05, 0) is 30.7 Å². The molecule has 0 radical (unpaired) electrons. The van der Waals surface area contributed by atoms with E-state index in [-0.39, 0.29) is 18.0 Å². The third kappa shape index (κ3) is 3.78. The summed E-state index contributed by atoms with van der Waals surface area (Å²) < 4.78 is 30.5. The molecule has 0 amide bonds. The van der Waals surface area contributed by atoms with Gasteiger partial charge in [0.25, 0.3) is 0 Å². The minimum atomic E-state index is -3.60. The highest BCUT2D eigenvalue weighted by Gasteiger charge is 2.22. The molecular formula is C13H19NO5S. The van der Waals surface area contributed by atoms with Crippen LogP contribution < -0.4 is 0 Å². The van der Waals surface area contributed by atoms with Crippen molar-refractivity contribution in [2.24, 2.45) is 0 Å². The first-order chi connectivity index (χ1) is 9.47. The SMILES string of the molecule is CCN(CCCO)S(=O)(=O)c1ccc(C(=O)OC)cc1. The van der Waals surface area contributed by atoms with Gasteiger partial charge in [0.1, 0.15) is 0 Å². The highest BCUT2D eigenvalue weighted by molar-refractivity contribution is 7.89. The number of methoxy groups -OCH3 is 1. The summed E-state index contributed by atoms with van der Waals surface area (Å²) in [6, 6.07) is 5.59. The molecule has 0 heterocycles. The van der Waals surface area contributed by atoms with Crippen LogP contribution in [-0.2, 0) is 14.8 Å². The van der Waals surface area contributed by atoms with Crippen molar-refractivity contribution in [2.75, 3.05) is 26.8 Å². The first kappa shape index (κ1) is 16.6. The van der Waals surface area contributed by atoms with Gasteiger partial charge in [-0.25, -0.2) is 13.2 Å². The fourth-order valence-electron chi connectivity index (χ4n) is 1.73. The summed E-state index contributed by atoms with van der Waals surface area (Å²) in [6.45, 7) is 2.25. The molecule has 0 aliphatic rings. The Kier molecular flexibility index (Phi) is 6.12. The predicted molar refractivity (Wildman–Crippen MR) is 73.9 cm³/mol. The first-order valence-electron chi connectivity index (χ1n) is 6.26. The van der Waals surface area contributed by atoms with E-state index in [1.54, 1.807) is 6.92 Å². The van der Waals surface area contributed by atoms with Crippen molar-refractivity contribution in [2.45, 2.75) is 18.2 Å². The maximum atomic E-state index is 12.3. The van der Waals surface area contributed by atoms with Crippen molar-refractivity contribution < 1.29 is 23.1 Å². The van der Waals surface area contributed by atoms with E-state index >= 15 is 0 Å². The molecule has 1 rings (SSSR count). The second kappa shape index (κ2) is 7.37. The van der Waals surface area contributed by atoms with Crippen LogP contribution in [0.2, 0.25) is 0 Å². The van der Waals surface area contributed by atoms with Crippen LogP contribution in [0.4, 0.5) is 0 Å². The molecule has 0 aromatic heterocycles. The number of ether oxygens (including phenoxy) is 1. The molecule has 0 atom stereocenters. The minimum Gasteiger partial charge on any atom is -0.465 e. The number of benzene rings is 1. The van der Waals surface area contributed by atoms with Gasteiger partial charge in [-0.3, -0.25) is 0 Å². The highest BCUT2D eigenvalue weighted by atomic mass is 32.2. The molecule has 0 spiro atoms. The zero-order chi connectivity index (χ0) is 15.2. The molecule has 112 valence electrons. The van der Waals surface area contributed by atoms with Crippen LogP contribution in [0.15, 0.2) is 29.2 Å². The van der Waals surface area contributed by atoms with E-state index in [4.69, 9.17) is 5.11 Å². The second-order valence-corrected chi connectivity index (χ2v) is 6.03. The van der Waals surface area contributed by atoms with Gasteiger partial charge in [0, 0.05) is 19.7 Å². The Balaban J connectivity index is 2.99. The maximum absolute atomic E-state index is 12.3. The lowest BCUT2D eigenvalue weighted by Crippen LogP contribution is -2.32. The van der Waals surface area contributed by atoms with Gasteiger partial charge in [0.2, 0.25) is 10.0 Å². The van der Waals surface area contributed by atoms with Crippen molar-refractivity contribution in [3.63, 3.8) is 0 Å². The zero-order valence-corrected chi connectivity index (χ0v) is 12.4. The average molecular weight is 301 g/mol. The Hall–Kier alpha value is -1.44. The van der Waals surface area contributed by atoms with Crippen LogP contribution in [0.25, 0.3) is 0 Å². The Morgan fingerprint density at radius 2 is 1.90 bits per heavy atom. The summed E-state index contributed by atoms with van der Waals surface area (Å²) in [4.78, 5) is 11.4. The molecule has 6 nitrogen and oxygen atoms in total. The Bertz CT molecular complexity index is 538. The van der Waals surface area contributed by atoms with E-state index < -0.39 is 16.0 Å². The summed E-state index contributed by atoms with van der Waals surface area (Å²) in [5.41, 5.74) is 0.296. The number of carbonyl (C=O) groups excluding carboxylic acids is 1. The summed E-state index contributed by atoms with van der Waals surface area (Å²) in [7, 11) is -2.34. The Morgan fingerprint density at radius 3 is 2.35 bits per heavy atom. The van der Waals surface area contributed by atoms with E-state index in [9.17, 15) is 13.2 Å². The number of hydrogen-bond donors (Lipinski definition) is 1. The van der Waals surface area contributed by atoms with Gasteiger partial charge in [-0.15, -0.1) is 0 Å². The summed E-state index contributed by atoms with van der Waals surface area (Å²) in [6.07, 6.45) is 0.382. The molecule has 1 aromatic rings. The van der Waals surface area contributed by atoms with E-state index in [0.29, 0.717) is 18.5 Å². The summed E-state index contributed by atoms with van der Waals surface area (Å²) in [5, 5.41) is 8.80. The van der Waals surface area contributed by atoms with E-state index in [1.165, 1.54) is 35.7 Å². The molecule has 0 fully saturated rings. The third-order valence-corrected chi connectivity index (χ3v) is 4.82. The molecule has 1 aromatic carbocycles. The lowest BCUT2D eigenvalue weighted by atomic mass is 10.2. The normalized spacial score (nSPS) is 11.6. The van der Waals surface area contributed by atoms with E-state index in [2.05, 4.69) is 4.74 Å². The molecule has 0 aliphatic carbocycles. The number of hydrogen-bond acceptors (Lipinski definition) is 5. The molecule has 0 aliphatic heterocycles.